The Bertz CT molecular complexity index is 354. The van der Waals surface area contributed by atoms with Crippen LogP contribution in [0.3, 0.4) is 0 Å². The molecule has 1 N–H and O–H groups in total. The van der Waals surface area contributed by atoms with Crippen molar-refractivity contribution in [2.75, 3.05) is 13.6 Å². The fourth-order valence-corrected chi connectivity index (χ4v) is 2.48. The molecule has 0 saturated heterocycles. The van der Waals surface area contributed by atoms with Crippen molar-refractivity contribution in [2.45, 2.75) is 25.8 Å². The van der Waals surface area contributed by atoms with Gasteiger partial charge in [-0.25, -0.2) is 0 Å². The lowest BCUT2D eigenvalue weighted by Gasteiger charge is -2.22. The summed E-state index contributed by atoms with van der Waals surface area (Å²) in [6.45, 7) is 2.78. The summed E-state index contributed by atoms with van der Waals surface area (Å²) >= 11 is 7.41. The number of carboxylic acids is 1. The zero-order chi connectivity index (χ0) is 12.1. The molecule has 0 saturated carbocycles. The molecular weight excluding hydrogens is 246 g/mol. The van der Waals surface area contributed by atoms with Crippen LogP contribution in [0.25, 0.3) is 0 Å². The number of nitrogens with zero attached hydrogens (tertiary/aromatic N) is 1. The lowest BCUT2D eigenvalue weighted by Crippen LogP contribution is -2.32. The van der Waals surface area contributed by atoms with Gasteiger partial charge in [-0.2, -0.15) is 0 Å². The molecule has 0 aromatic carbocycles. The number of carbonyl (C=O) groups is 1. The van der Waals surface area contributed by atoms with Crippen LogP contribution in [0.15, 0.2) is 12.1 Å². The quantitative estimate of drug-likeness (QED) is 0.856. The molecule has 0 aliphatic rings. The van der Waals surface area contributed by atoms with E-state index in [2.05, 4.69) is 4.90 Å². The molecule has 16 heavy (non-hydrogen) atoms. The Morgan fingerprint density at radius 1 is 1.62 bits per heavy atom. The lowest BCUT2D eigenvalue weighted by molar-refractivity contribution is -0.138. The number of hydrogen-bond acceptors (Lipinski definition) is 3. The molecule has 0 bridgehead atoms. The van der Waals surface area contributed by atoms with Gasteiger partial charge in [0.05, 0.1) is 10.8 Å². The first-order valence-electron chi connectivity index (χ1n) is 5.15. The first-order chi connectivity index (χ1) is 7.49. The van der Waals surface area contributed by atoms with E-state index in [1.54, 1.807) is 11.3 Å². The topological polar surface area (TPSA) is 40.5 Å². The fourth-order valence-electron chi connectivity index (χ4n) is 1.40. The predicted octanol–water partition coefficient (Wildman–Crippen LogP) is 2.74. The Morgan fingerprint density at radius 3 is 2.81 bits per heavy atom. The van der Waals surface area contributed by atoms with Crippen LogP contribution in [0.4, 0.5) is 0 Å². The van der Waals surface area contributed by atoms with Crippen molar-refractivity contribution in [3.05, 3.63) is 21.3 Å². The molecule has 0 aliphatic heterocycles. The van der Waals surface area contributed by atoms with Gasteiger partial charge in [-0.05, 0) is 32.5 Å². The average molecular weight is 262 g/mol. The van der Waals surface area contributed by atoms with Gasteiger partial charge in [0.1, 0.15) is 0 Å². The van der Waals surface area contributed by atoms with Gasteiger partial charge in [-0.1, -0.05) is 11.6 Å². The van der Waals surface area contributed by atoms with E-state index in [-0.39, 0.29) is 12.5 Å². The monoisotopic (exact) mass is 261 g/mol. The van der Waals surface area contributed by atoms with Gasteiger partial charge in [0.15, 0.2) is 0 Å². The molecule has 90 valence electrons. The third-order valence-corrected chi connectivity index (χ3v) is 3.85. The van der Waals surface area contributed by atoms with E-state index in [0.29, 0.717) is 0 Å². The van der Waals surface area contributed by atoms with Crippen LogP contribution in [-0.2, 0) is 11.2 Å². The van der Waals surface area contributed by atoms with Crippen LogP contribution in [0.1, 0.15) is 18.2 Å². The second-order valence-electron chi connectivity index (χ2n) is 3.88. The summed E-state index contributed by atoms with van der Waals surface area (Å²) in [5.41, 5.74) is 0. The van der Waals surface area contributed by atoms with Gasteiger partial charge in [-0.15, -0.1) is 11.3 Å². The maximum absolute atomic E-state index is 10.5. The summed E-state index contributed by atoms with van der Waals surface area (Å²) in [5, 5.41) is 8.68. The van der Waals surface area contributed by atoms with Gasteiger partial charge in [0.25, 0.3) is 0 Å². The largest absolute Gasteiger partial charge is 0.481 e. The number of likely N-dealkylation sites (N-methyl/N-ethyl adjacent to an activating group) is 1. The molecule has 0 fully saturated rings. The van der Waals surface area contributed by atoms with Crippen LogP contribution >= 0.6 is 22.9 Å². The Balaban J connectivity index is 2.34. The van der Waals surface area contributed by atoms with Gasteiger partial charge in [0, 0.05) is 17.5 Å². The molecule has 0 amide bonds. The van der Waals surface area contributed by atoms with Crippen LogP contribution in [-0.4, -0.2) is 35.6 Å². The lowest BCUT2D eigenvalue weighted by atomic mass is 10.2. The minimum Gasteiger partial charge on any atom is -0.481 e. The molecular formula is C11H16ClNO2S. The van der Waals surface area contributed by atoms with E-state index in [9.17, 15) is 4.79 Å². The molecule has 1 heterocycles. The van der Waals surface area contributed by atoms with Gasteiger partial charge < -0.3 is 10.0 Å². The van der Waals surface area contributed by atoms with E-state index in [1.165, 1.54) is 4.88 Å². The molecule has 1 rings (SSSR count). The molecule has 1 aromatic heterocycles. The van der Waals surface area contributed by atoms with Crippen LogP contribution in [0.5, 0.6) is 0 Å². The summed E-state index contributed by atoms with van der Waals surface area (Å²) in [7, 11) is 1.95. The van der Waals surface area contributed by atoms with Crippen LogP contribution < -0.4 is 0 Å². The van der Waals surface area contributed by atoms with Gasteiger partial charge in [0.2, 0.25) is 0 Å². The molecule has 0 radical (unpaired) electrons. The van der Waals surface area contributed by atoms with Crippen molar-refractivity contribution >= 4 is 28.9 Å². The van der Waals surface area contributed by atoms with Crippen molar-refractivity contribution < 1.29 is 9.90 Å². The SMILES string of the molecule is CC(CC(=O)O)N(C)CCc1ccc(Cl)s1. The molecule has 3 nitrogen and oxygen atoms in total. The Kier molecular flexibility index (Phi) is 5.25. The Morgan fingerprint density at radius 2 is 2.31 bits per heavy atom. The molecule has 1 aromatic rings. The van der Waals surface area contributed by atoms with E-state index >= 15 is 0 Å². The first kappa shape index (κ1) is 13.5. The number of halogens is 1. The normalized spacial score (nSPS) is 13.0. The zero-order valence-electron chi connectivity index (χ0n) is 9.44. The Hall–Kier alpha value is -0.580. The third-order valence-electron chi connectivity index (χ3n) is 2.56. The van der Waals surface area contributed by atoms with Crippen LogP contribution in [0.2, 0.25) is 4.34 Å². The van der Waals surface area contributed by atoms with E-state index < -0.39 is 5.97 Å². The minimum atomic E-state index is -0.751. The first-order valence-corrected chi connectivity index (χ1v) is 6.34. The van der Waals surface area contributed by atoms with Gasteiger partial charge >= 0.3 is 5.97 Å². The highest BCUT2D eigenvalue weighted by molar-refractivity contribution is 7.16. The average Bonchev–Trinajstić information content (AvgIpc) is 2.59. The van der Waals surface area contributed by atoms with Crippen molar-refractivity contribution in [1.29, 1.82) is 0 Å². The molecule has 0 aliphatic carbocycles. The van der Waals surface area contributed by atoms with E-state index in [1.807, 2.05) is 26.1 Å². The zero-order valence-corrected chi connectivity index (χ0v) is 11.0. The highest BCUT2D eigenvalue weighted by Gasteiger charge is 2.12. The van der Waals surface area contributed by atoms with Crippen molar-refractivity contribution in [2.24, 2.45) is 0 Å². The highest BCUT2D eigenvalue weighted by atomic mass is 35.5. The second kappa shape index (κ2) is 6.23. The van der Waals surface area contributed by atoms with E-state index in [4.69, 9.17) is 16.7 Å². The maximum atomic E-state index is 10.5. The second-order valence-corrected chi connectivity index (χ2v) is 5.68. The number of thiophene rings is 1. The standard InChI is InChI=1S/C11H16ClNO2S/c1-8(7-11(14)15)13(2)6-5-9-3-4-10(12)16-9/h3-4,8H,5-7H2,1-2H3,(H,14,15). The molecule has 1 unspecified atom stereocenters. The number of aliphatic carboxylic acids is 1. The molecule has 1 atom stereocenters. The maximum Gasteiger partial charge on any atom is 0.304 e. The fraction of sp³-hybridized carbons (Fsp3) is 0.545. The summed E-state index contributed by atoms with van der Waals surface area (Å²) in [6.07, 6.45) is 1.10. The Labute approximate surface area is 105 Å². The number of rotatable bonds is 6. The summed E-state index contributed by atoms with van der Waals surface area (Å²) < 4.78 is 0.802. The van der Waals surface area contributed by atoms with Crippen LogP contribution in [0, 0.1) is 0 Å². The molecule has 5 heteroatoms. The van der Waals surface area contributed by atoms with Crippen molar-refractivity contribution in [1.82, 2.24) is 4.90 Å². The van der Waals surface area contributed by atoms with E-state index in [0.717, 1.165) is 17.3 Å². The molecule has 0 spiro atoms. The summed E-state index contributed by atoms with van der Waals surface area (Å²) in [4.78, 5) is 13.8. The summed E-state index contributed by atoms with van der Waals surface area (Å²) in [5.74, 6) is -0.751. The number of hydrogen-bond donors (Lipinski definition) is 1. The van der Waals surface area contributed by atoms with Crippen molar-refractivity contribution in [3.63, 3.8) is 0 Å². The smallest absolute Gasteiger partial charge is 0.304 e. The minimum absolute atomic E-state index is 0.0629. The summed E-state index contributed by atoms with van der Waals surface area (Å²) in [6, 6.07) is 3.97. The number of carboxylic acid groups (broad SMARTS) is 1. The highest BCUT2D eigenvalue weighted by Crippen LogP contribution is 2.21. The van der Waals surface area contributed by atoms with Gasteiger partial charge in [-0.3, -0.25) is 4.79 Å². The predicted molar refractivity (Wildman–Crippen MR) is 67.4 cm³/mol. The van der Waals surface area contributed by atoms with Crippen molar-refractivity contribution in [3.8, 4) is 0 Å². The third kappa shape index (κ3) is 4.51.